The number of halogens is 1. The third kappa shape index (κ3) is 4.48. The van der Waals surface area contributed by atoms with Gasteiger partial charge in [0.15, 0.2) is 0 Å². The molecule has 1 amide bonds. The summed E-state index contributed by atoms with van der Waals surface area (Å²) in [7, 11) is 1.63. The lowest BCUT2D eigenvalue weighted by Crippen LogP contribution is -2.33. The maximum absolute atomic E-state index is 12.7. The number of H-pyrrole nitrogens is 1. The Kier molecular flexibility index (Phi) is 6.33. The number of hydrogen-bond donors (Lipinski definition) is 1. The number of amides is 1. The molecule has 0 aliphatic rings. The molecule has 0 aliphatic heterocycles. The van der Waals surface area contributed by atoms with E-state index in [2.05, 4.69) is 9.97 Å². The van der Waals surface area contributed by atoms with Gasteiger partial charge in [0.1, 0.15) is 18.0 Å². The van der Waals surface area contributed by atoms with Crippen LogP contribution in [0.3, 0.4) is 0 Å². The van der Waals surface area contributed by atoms with Crippen LogP contribution in [0.2, 0.25) is 5.02 Å². The average molecular weight is 417 g/mol. The minimum absolute atomic E-state index is 0.199. The molecule has 0 spiro atoms. The van der Waals surface area contributed by atoms with Crippen molar-refractivity contribution in [2.24, 2.45) is 0 Å². The highest BCUT2D eigenvalue weighted by atomic mass is 35.5. The number of aromatic amines is 1. The van der Waals surface area contributed by atoms with Gasteiger partial charge in [-0.3, -0.25) is 19.1 Å². The molecule has 0 atom stereocenters. The molecule has 3 rings (SSSR count). The Hall–Kier alpha value is -3.13. The zero-order valence-corrected chi connectivity index (χ0v) is 16.9. The fraction of sp³-hybridized carbons (Fsp3) is 0.300. The summed E-state index contributed by atoms with van der Waals surface area (Å²) < 4.78 is 7.00. The van der Waals surface area contributed by atoms with E-state index < -0.39 is 11.2 Å². The Morgan fingerprint density at radius 2 is 2.07 bits per heavy atom. The van der Waals surface area contributed by atoms with Crippen molar-refractivity contribution in [1.82, 2.24) is 19.4 Å². The third-order valence-electron chi connectivity index (χ3n) is 4.39. The Balaban J connectivity index is 1.77. The molecule has 0 saturated carbocycles. The summed E-state index contributed by atoms with van der Waals surface area (Å²) in [5.41, 5.74) is -0.555. The highest BCUT2D eigenvalue weighted by molar-refractivity contribution is 6.32. The lowest BCUT2D eigenvalue weighted by atomic mass is 10.2. The fourth-order valence-corrected chi connectivity index (χ4v) is 3.08. The number of rotatable bonds is 7. The number of nitrogens with one attached hydrogen (secondary N) is 1. The van der Waals surface area contributed by atoms with E-state index >= 15 is 0 Å². The molecular weight excluding hydrogens is 396 g/mol. The van der Waals surface area contributed by atoms with Crippen molar-refractivity contribution in [2.75, 3.05) is 20.2 Å². The number of aromatic nitrogens is 3. The van der Waals surface area contributed by atoms with Crippen LogP contribution in [0.15, 0.2) is 46.1 Å². The first-order valence-corrected chi connectivity index (χ1v) is 9.55. The van der Waals surface area contributed by atoms with Crippen molar-refractivity contribution in [3.8, 4) is 5.75 Å². The normalized spacial score (nSPS) is 10.9. The van der Waals surface area contributed by atoms with E-state index in [1.165, 1.54) is 21.7 Å². The smallest absolute Gasteiger partial charge is 0.329 e. The first-order valence-electron chi connectivity index (χ1n) is 9.18. The zero-order chi connectivity index (χ0) is 21.0. The van der Waals surface area contributed by atoms with Gasteiger partial charge in [-0.2, -0.15) is 0 Å². The van der Waals surface area contributed by atoms with Gasteiger partial charge >= 0.3 is 5.69 Å². The third-order valence-corrected chi connectivity index (χ3v) is 4.71. The second kappa shape index (κ2) is 8.91. The van der Waals surface area contributed by atoms with Gasteiger partial charge in [0.05, 0.1) is 22.5 Å². The van der Waals surface area contributed by atoms with Gasteiger partial charge in [-0.25, -0.2) is 9.78 Å². The van der Waals surface area contributed by atoms with Crippen molar-refractivity contribution in [3.63, 3.8) is 0 Å². The number of likely N-dealkylation sites (N-methyl/N-ethyl adjacent to an activating group) is 1. The molecule has 0 fully saturated rings. The van der Waals surface area contributed by atoms with Crippen LogP contribution in [0.4, 0.5) is 0 Å². The molecule has 1 N–H and O–H groups in total. The van der Waals surface area contributed by atoms with Crippen LogP contribution in [-0.4, -0.2) is 45.5 Å². The number of hydrogen-bond acceptors (Lipinski definition) is 5. The van der Waals surface area contributed by atoms with Gasteiger partial charge in [-0.15, -0.1) is 0 Å². The van der Waals surface area contributed by atoms with E-state index in [9.17, 15) is 14.4 Å². The van der Waals surface area contributed by atoms with Crippen molar-refractivity contribution in [2.45, 2.75) is 19.9 Å². The summed E-state index contributed by atoms with van der Waals surface area (Å²) in [4.78, 5) is 44.9. The van der Waals surface area contributed by atoms with Crippen molar-refractivity contribution < 1.29 is 9.53 Å². The molecule has 1 aromatic carbocycles. The summed E-state index contributed by atoms with van der Waals surface area (Å²) >= 11 is 6.04. The van der Waals surface area contributed by atoms with E-state index in [1.807, 2.05) is 13.0 Å². The molecular formula is C20H21ClN4O4. The summed E-state index contributed by atoms with van der Waals surface area (Å²) in [6.45, 7) is 2.91. The van der Waals surface area contributed by atoms with Crippen LogP contribution in [0.25, 0.3) is 11.0 Å². The molecule has 0 unspecified atom stereocenters. The number of ether oxygens (including phenoxy) is 1. The predicted molar refractivity (Wildman–Crippen MR) is 111 cm³/mol. The van der Waals surface area contributed by atoms with E-state index in [4.69, 9.17) is 16.3 Å². The molecule has 0 saturated heterocycles. The second-order valence-electron chi connectivity index (χ2n) is 6.51. The van der Waals surface area contributed by atoms with Gasteiger partial charge in [0.25, 0.3) is 11.5 Å². The Labute approximate surface area is 171 Å². The number of fused-ring (bicyclic) bond motifs is 1. The van der Waals surface area contributed by atoms with Crippen LogP contribution in [-0.2, 0) is 6.54 Å². The van der Waals surface area contributed by atoms with E-state index in [0.29, 0.717) is 30.3 Å². The van der Waals surface area contributed by atoms with Crippen LogP contribution < -0.4 is 16.0 Å². The summed E-state index contributed by atoms with van der Waals surface area (Å²) in [5.74, 6) is 0.234. The highest BCUT2D eigenvalue weighted by Crippen LogP contribution is 2.22. The second-order valence-corrected chi connectivity index (χ2v) is 6.92. The number of aryl methyl sites for hydroxylation is 1. The van der Waals surface area contributed by atoms with Gasteiger partial charge < -0.3 is 9.64 Å². The summed E-state index contributed by atoms with van der Waals surface area (Å²) in [5, 5.41) is 0.696. The van der Waals surface area contributed by atoms with Crippen LogP contribution in [0.5, 0.6) is 5.75 Å². The molecule has 8 nitrogen and oxygen atoms in total. The van der Waals surface area contributed by atoms with Crippen molar-refractivity contribution in [1.29, 1.82) is 0 Å². The number of pyridine rings is 1. The molecule has 9 heteroatoms. The van der Waals surface area contributed by atoms with Crippen molar-refractivity contribution in [3.05, 3.63) is 68.0 Å². The van der Waals surface area contributed by atoms with E-state index in [-0.39, 0.29) is 29.1 Å². The molecule has 2 aromatic heterocycles. The lowest BCUT2D eigenvalue weighted by Gasteiger charge is -2.18. The number of benzene rings is 1. The Bertz CT molecular complexity index is 1160. The maximum atomic E-state index is 12.7. The number of nitrogens with zero attached hydrogens (tertiary/aromatic N) is 3. The molecule has 2 heterocycles. The van der Waals surface area contributed by atoms with E-state index in [0.717, 1.165) is 0 Å². The zero-order valence-electron chi connectivity index (χ0n) is 16.1. The Morgan fingerprint density at radius 3 is 2.79 bits per heavy atom. The SMILES string of the molecule is CCCn1c(=O)[nH]c(=O)c2cc(C(=O)N(C)CCOc3ccccc3Cl)cnc21. The molecule has 0 radical (unpaired) electrons. The fourth-order valence-electron chi connectivity index (χ4n) is 2.89. The molecule has 0 aliphatic carbocycles. The topological polar surface area (TPSA) is 97.3 Å². The predicted octanol–water partition coefficient (Wildman–Crippen LogP) is 2.30. The number of para-hydroxylation sites is 1. The first-order chi connectivity index (χ1) is 13.9. The molecule has 152 valence electrons. The molecule has 29 heavy (non-hydrogen) atoms. The minimum Gasteiger partial charge on any atom is -0.490 e. The lowest BCUT2D eigenvalue weighted by molar-refractivity contribution is 0.0773. The van der Waals surface area contributed by atoms with Crippen LogP contribution in [0.1, 0.15) is 23.7 Å². The molecule has 3 aromatic rings. The Morgan fingerprint density at radius 1 is 1.31 bits per heavy atom. The summed E-state index contributed by atoms with van der Waals surface area (Å²) in [6.07, 6.45) is 2.08. The van der Waals surface area contributed by atoms with Crippen LogP contribution >= 0.6 is 11.6 Å². The quantitative estimate of drug-likeness (QED) is 0.637. The number of carbonyl (C=O) groups excluding carboxylic acids is 1. The maximum Gasteiger partial charge on any atom is 0.329 e. The van der Waals surface area contributed by atoms with E-state index in [1.54, 1.807) is 25.2 Å². The largest absolute Gasteiger partial charge is 0.490 e. The van der Waals surface area contributed by atoms with Gasteiger partial charge in [0, 0.05) is 19.8 Å². The van der Waals surface area contributed by atoms with Gasteiger partial charge in [-0.05, 0) is 24.6 Å². The minimum atomic E-state index is -0.566. The monoisotopic (exact) mass is 416 g/mol. The first kappa shape index (κ1) is 20.6. The standard InChI is InChI=1S/C20H21ClN4O4/c1-3-8-25-17-14(18(26)23-20(25)28)11-13(12-22-17)19(27)24(2)9-10-29-16-7-5-4-6-15(16)21/h4-7,11-12H,3,8-10H2,1-2H3,(H,23,26,28). The average Bonchev–Trinajstić information content (AvgIpc) is 2.71. The highest BCUT2D eigenvalue weighted by Gasteiger charge is 2.16. The van der Waals surface area contributed by atoms with Crippen LogP contribution in [0, 0.1) is 0 Å². The van der Waals surface area contributed by atoms with Crippen molar-refractivity contribution >= 4 is 28.5 Å². The summed E-state index contributed by atoms with van der Waals surface area (Å²) in [6, 6.07) is 8.55. The van der Waals surface area contributed by atoms with Gasteiger partial charge in [-0.1, -0.05) is 30.7 Å². The molecule has 0 bridgehead atoms. The van der Waals surface area contributed by atoms with Gasteiger partial charge in [0.2, 0.25) is 0 Å². The number of carbonyl (C=O) groups is 1.